The van der Waals surface area contributed by atoms with Crippen LogP contribution >= 0.6 is 0 Å². The molecule has 0 saturated carbocycles. The van der Waals surface area contributed by atoms with Crippen LogP contribution in [0.5, 0.6) is 0 Å². The summed E-state index contributed by atoms with van der Waals surface area (Å²) in [5.74, 6) is -0.723. The summed E-state index contributed by atoms with van der Waals surface area (Å²) in [7, 11) is 0. The fourth-order valence-corrected chi connectivity index (χ4v) is 1.98. The smallest absolute Gasteiger partial charge is 0.307 e. The van der Waals surface area contributed by atoms with Crippen LogP contribution in [-0.2, 0) is 4.79 Å². The second-order valence-electron chi connectivity index (χ2n) is 3.77. The van der Waals surface area contributed by atoms with Gasteiger partial charge in [-0.25, -0.2) is 0 Å². The Bertz CT molecular complexity index is 368. The molecule has 2 rings (SSSR count). The lowest BCUT2D eigenvalue weighted by Gasteiger charge is -2.20. The Kier molecular flexibility index (Phi) is 2.60. The Morgan fingerprint density at radius 3 is 3.00 bits per heavy atom. The van der Waals surface area contributed by atoms with E-state index in [1.54, 1.807) is 6.20 Å². The molecular formula is C11H13NO3. The number of fused-ring (bicyclic) bond motifs is 1. The van der Waals surface area contributed by atoms with Gasteiger partial charge < -0.3 is 15.5 Å². The van der Waals surface area contributed by atoms with Crippen LogP contribution in [0.15, 0.2) is 35.6 Å². The van der Waals surface area contributed by atoms with Gasteiger partial charge in [-0.05, 0) is 17.3 Å². The minimum atomic E-state index is -0.829. The third-order valence-corrected chi connectivity index (χ3v) is 2.73. The molecule has 2 unspecified atom stereocenters. The van der Waals surface area contributed by atoms with Gasteiger partial charge in [-0.1, -0.05) is 18.2 Å². The number of aliphatic hydroxyl groups excluding tert-OH is 1. The predicted molar refractivity (Wildman–Crippen MR) is 55.1 cm³/mol. The zero-order valence-corrected chi connectivity index (χ0v) is 8.18. The number of nitrogens with one attached hydrogen (secondary N) is 1. The molecule has 0 fully saturated rings. The number of carboxylic acid groups (broad SMARTS) is 1. The van der Waals surface area contributed by atoms with Crippen molar-refractivity contribution in [2.45, 2.75) is 12.5 Å². The Labute approximate surface area is 87.6 Å². The van der Waals surface area contributed by atoms with E-state index in [-0.39, 0.29) is 25.0 Å². The summed E-state index contributed by atoms with van der Waals surface area (Å²) in [6.07, 6.45) is 7.54. The summed E-state index contributed by atoms with van der Waals surface area (Å²) in [6, 6.07) is 0.171. The maximum atomic E-state index is 10.6. The monoisotopic (exact) mass is 207 g/mol. The van der Waals surface area contributed by atoms with E-state index < -0.39 is 5.97 Å². The predicted octanol–water partition coefficient (Wildman–Crippen LogP) is 0.422. The van der Waals surface area contributed by atoms with Crippen LogP contribution < -0.4 is 5.32 Å². The molecule has 2 aliphatic rings. The largest absolute Gasteiger partial charge is 0.481 e. The lowest BCUT2D eigenvalue weighted by Crippen LogP contribution is -2.26. The highest BCUT2D eigenvalue weighted by atomic mass is 16.4. The zero-order valence-electron chi connectivity index (χ0n) is 8.18. The summed E-state index contributed by atoms with van der Waals surface area (Å²) in [5, 5.41) is 20.9. The van der Waals surface area contributed by atoms with E-state index in [0.29, 0.717) is 0 Å². The molecule has 1 heterocycles. The van der Waals surface area contributed by atoms with Crippen molar-refractivity contribution < 1.29 is 15.0 Å². The average molecular weight is 207 g/mol. The van der Waals surface area contributed by atoms with Crippen molar-refractivity contribution in [1.82, 2.24) is 5.32 Å². The van der Waals surface area contributed by atoms with E-state index in [4.69, 9.17) is 10.2 Å². The van der Waals surface area contributed by atoms with E-state index in [2.05, 4.69) is 5.32 Å². The first kappa shape index (κ1) is 9.98. The molecule has 15 heavy (non-hydrogen) atoms. The van der Waals surface area contributed by atoms with Crippen LogP contribution in [0.3, 0.4) is 0 Å². The molecule has 1 aliphatic heterocycles. The topological polar surface area (TPSA) is 69.6 Å². The fourth-order valence-electron chi connectivity index (χ4n) is 1.98. The molecule has 0 spiro atoms. The first-order valence-corrected chi connectivity index (χ1v) is 4.87. The zero-order chi connectivity index (χ0) is 10.8. The molecule has 1 aliphatic carbocycles. The van der Waals surface area contributed by atoms with Gasteiger partial charge in [0, 0.05) is 5.92 Å². The lowest BCUT2D eigenvalue weighted by molar-refractivity contribution is -0.136. The summed E-state index contributed by atoms with van der Waals surface area (Å²) in [5.41, 5.74) is 1.71. The standard InChI is InChI=1S/C11H13NO3/c13-6-8-5-12-10-2-1-7(3-9(8)10)4-11(14)15/h1-3,5,9-10,12-13H,4,6H2,(H,14,15). The number of rotatable bonds is 3. The van der Waals surface area contributed by atoms with Gasteiger partial charge in [0.25, 0.3) is 0 Å². The van der Waals surface area contributed by atoms with Gasteiger partial charge in [0.1, 0.15) is 0 Å². The van der Waals surface area contributed by atoms with Gasteiger partial charge in [0.15, 0.2) is 0 Å². The first-order valence-electron chi connectivity index (χ1n) is 4.87. The van der Waals surface area contributed by atoms with Crippen molar-refractivity contribution in [3.63, 3.8) is 0 Å². The number of carbonyl (C=O) groups is 1. The van der Waals surface area contributed by atoms with Crippen molar-refractivity contribution in [2.24, 2.45) is 5.92 Å². The highest BCUT2D eigenvalue weighted by Gasteiger charge is 2.28. The normalized spacial score (nSPS) is 27.8. The van der Waals surface area contributed by atoms with Crippen LogP contribution in [-0.4, -0.2) is 28.8 Å². The van der Waals surface area contributed by atoms with Crippen molar-refractivity contribution in [3.8, 4) is 0 Å². The molecule has 2 atom stereocenters. The minimum absolute atomic E-state index is 0.0128. The Hall–Kier alpha value is -1.55. The third-order valence-electron chi connectivity index (χ3n) is 2.73. The molecular weight excluding hydrogens is 194 g/mol. The Morgan fingerprint density at radius 2 is 2.33 bits per heavy atom. The van der Waals surface area contributed by atoms with Crippen molar-refractivity contribution >= 4 is 5.97 Å². The van der Waals surface area contributed by atoms with E-state index in [9.17, 15) is 4.79 Å². The number of carboxylic acids is 1. The number of aliphatic carboxylic acids is 1. The highest BCUT2D eigenvalue weighted by Crippen LogP contribution is 2.29. The number of aliphatic hydroxyl groups is 1. The minimum Gasteiger partial charge on any atom is -0.481 e. The molecule has 0 saturated heterocycles. The molecule has 3 N–H and O–H groups in total. The van der Waals surface area contributed by atoms with Gasteiger partial charge in [0.05, 0.1) is 19.1 Å². The van der Waals surface area contributed by atoms with Gasteiger partial charge in [-0.15, -0.1) is 0 Å². The lowest BCUT2D eigenvalue weighted by atomic mass is 9.88. The van der Waals surface area contributed by atoms with Gasteiger partial charge in [-0.3, -0.25) is 4.79 Å². The van der Waals surface area contributed by atoms with E-state index in [0.717, 1.165) is 11.1 Å². The van der Waals surface area contributed by atoms with Crippen LogP contribution in [0.1, 0.15) is 6.42 Å². The quantitative estimate of drug-likeness (QED) is 0.627. The van der Waals surface area contributed by atoms with Crippen LogP contribution in [0.25, 0.3) is 0 Å². The summed E-state index contributed by atoms with van der Waals surface area (Å²) in [6.45, 7) is 0.0128. The fraction of sp³-hybridized carbons (Fsp3) is 0.364. The molecule has 0 amide bonds. The van der Waals surface area contributed by atoms with Crippen molar-refractivity contribution in [3.05, 3.63) is 35.6 Å². The second kappa shape index (κ2) is 3.90. The molecule has 0 aromatic carbocycles. The number of allylic oxidation sites excluding steroid dienone is 1. The molecule has 0 aromatic heterocycles. The molecule has 4 heteroatoms. The van der Waals surface area contributed by atoms with Gasteiger partial charge in [-0.2, -0.15) is 0 Å². The molecule has 4 nitrogen and oxygen atoms in total. The van der Waals surface area contributed by atoms with E-state index >= 15 is 0 Å². The molecule has 0 bridgehead atoms. The Morgan fingerprint density at radius 1 is 1.53 bits per heavy atom. The van der Waals surface area contributed by atoms with Crippen molar-refractivity contribution in [2.75, 3.05) is 6.61 Å². The van der Waals surface area contributed by atoms with Gasteiger partial charge >= 0.3 is 5.97 Å². The van der Waals surface area contributed by atoms with Crippen molar-refractivity contribution in [1.29, 1.82) is 0 Å². The number of hydrogen-bond donors (Lipinski definition) is 3. The van der Waals surface area contributed by atoms with E-state index in [1.165, 1.54) is 0 Å². The average Bonchev–Trinajstić information content (AvgIpc) is 2.59. The van der Waals surface area contributed by atoms with Crippen LogP contribution in [0.2, 0.25) is 0 Å². The van der Waals surface area contributed by atoms with Crippen LogP contribution in [0.4, 0.5) is 0 Å². The summed E-state index contributed by atoms with van der Waals surface area (Å²) < 4.78 is 0. The SMILES string of the molecule is O=C(O)CC1=CC2C(CO)=CNC2C=C1. The van der Waals surface area contributed by atoms with Crippen LogP contribution in [0, 0.1) is 5.92 Å². The second-order valence-corrected chi connectivity index (χ2v) is 3.77. The molecule has 80 valence electrons. The summed E-state index contributed by atoms with van der Waals surface area (Å²) >= 11 is 0. The maximum absolute atomic E-state index is 10.6. The third kappa shape index (κ3) is 1.94. The number of hydrogen-bond acceptors (Lipinski definition) is 3. The van der Waals surface area contributed by atoms with E-state index in [1.807, 2.05) is 18.2 Å². The molecule has 0 radical (unpaired) electrons. The highest BCUT2D eigenvalue weighted by molar-refractivity contribution is 5.71. The Balaban J connectivity index is 2.15. The molecule has 0 aromatic rings. The summed E-state index contributed by atoms with van der Waals surface area (Å²) in [4.78, 5) is 10.6. The first-order chi connectivity index (χ1) is 7.20. The maximum Gasteiger partial charge on any atom is 0.307 e. The van der Waals surface area contributed by atoms with Gasteiger partial charge in [0.2, 0.25) is 0 Å².